The second kappa shape index (κ2) is 7.63. The predicted molar refractivity (Wildman–Crippen MR) is 115 cm³/mol. The number of hydrogen-bond acceptors (Lipinski definition) is 6. The Bertz CT molecular complexity index is 1420. The molecule has 0 aliphatic heterocycles. The zero-order chi connectivity index (χ0) is 22.3. The number of carbonyl (C=O) groups is 2. The number of rotatable bonds is 3. The molecule has 10 heteroatoms. The van der Waals surface area contributed by atoms with Gasteiger partial charge in [0.15, 0.2) is 11.3 Å². The number of hydrazine groups is 1. The van der Waals surface area contributed by atoms with Gasteiger partial charge in [0.25, 0.3) is 17.4 Å². The van der Waals surface area contributed by atoms with Gasteiger partial charge >= 0.3 is 0 Å². The Hall–Kier alpha value is -4.08. The zero-order valence-electron chi connectivity index (χ0n) is 17.6. The van der Waals surface area contributed by atoms with E-state index in [1.807, 2.05) is 6.92 Å². The number of nitrogens with zero attached hydrogens (tertiary/aromatic N) is 5. The lowest BCUT2D eigenvalue weighted by molar-refractivity contribution is 0.0843. The van der Waals surface area contributed by atoms with Crippen LogP contribution in [0.1, 0.15) is 39.2 Å². The van der Waals surface area contributed by atoms with Crippen LogP contribution in [0.4, 0.5) is 0 Å². The van der Waals surface area contributed by atoms with Gasteiger partial charge in [0, 0.05) is 24.4 Å². The van der Waals surface area contributed by atoms with Crippen LogP contribution in [-0.4, -0.2) is 36.4 Å². The average molecular weight is 419 g/mol. The molecule has 3 aromatic heterocycles. The lowest BCUT2D eigenvalue weighted by Crippen LogP contribution is -2.43. The summed E-state index contributed by atoms with van der Waals surface area (Å²) in [4.78, 5) is 42.4. The summed E-state index contributed by atoms with van der Waals surface area (Å²) in [7, 11) is 1.79. The van der Waals surface area contributed by atoms with E-state index in [2.05, 4.69) is 26.0 Å². The summed E-state index contributed by atoms with van der Waals surface area (Å²) in [5.74, 6) is -1.15. The number of fused-ring (bicyclic) bond motifs is 2. The number of aromatic nitrogens is 5. The van der Waals surface area contributed by atoms with E-state index < -0.39 is 11.8 Å². The highest BCUT2D eigenvalue weighted by Crippen LogP contribution is 2.19. The van der Waals surface area contributed by atoms with Gasteiger partial charge in [-0.3, -0.25) is 29.9 Å². The summed E-state index contributed by atoms with van der Waals surface area (Å²) in [6.45, 7) is 5.62. The number of hydrogen-bond donors (Lipinski definition) is 2. The van der Waals surface area contributed by atoms with Gasteiger partial charge in [-0.15, -0.1) is 0 Å². The Labute approximate surface area is 176 Å². The standard InChI is InChI=1S/C21H21N7O3/c1-5-28-21(31)14-9-7-6-8-13(14)17(26-28)20(30)24-23-19(29)16-10-15-12(3)25-27(4)18(15)22-11(16)2/h6-10H,5H2,1-4H3,(H,23,29)(H,24,30). The molecule has 0 aliphatic carbocycles. The maximum absolute atomic E-state index is 12.8. The highest BCUT2D eigenvalue weighted by Gasteiger charge is 2.19. The van der Waals surface area contributed by atoms with E-state index in [1.165, 1.54) is 4.68 Å². The van der Waals surface area contributed by atoms with Crippen LogP contribution in [0.25, 0.3) is 21.8 Å². The van der Waals surface area contributed by atoms with Crippen LogP contribution in [0.3, 0.4) is 0 Å². The molecular weight excluding hydrogens is 398 g/mol. The zero-order valence-corrected chi connectivity index (χ0v) is 17.6. The largest absolute Gasteiger partial charge is 0.290 e. The van der Waals surface area contributed by atoms with Crippen molar-refractivity contribution in [3.05, 3.63) is 63.3 Å². The molecule has 0 unspecified atom stereocenters. The van der Waals surface area contributed by atoms with Gasteiger partial charge in [-0.1, -0.05) is 18.2 Å². The van der Waals surface area contributed by atoms with Crippen LogP contribution in [0, 0.1) is 13.8 Å². The fourth-order valence-electron chi connectivity index (χ4n) is 3.52. The maximum atomic E-state index is 12.8. The summed E-state index contributed by atoms with van der Waals surface area (Å²) in [5, 5.41) is 10.0. The minimum absolute atomic E-state index is 0.0470. The fourth-order valence-corrected chi connectivity index (χ4v) is 3.52. The van der Waals surface area contributed by atoms with Crippen molar-refractivity contribution >= 4 is 33.6 Å². The average Bonchev–Trinajstić information content (AvgIpc) is 3.04. The van der Waals surface area contributed by atoms with Crippen molar-refractivity contribution in [1.82, 2.24) is 35.4 Å². The van der Waals surface area contributed by atoms with Crippen LogP contribution >= 0.6 is 0 Å². The molecule has 4 rings (SSSR count). The third-order valence-corrected chi connectivity index (χ3v) is 5.11. The van der Waals surface area contributed by atoms with E-state index in [-0.39, 0.29) is 11.3 Å². The predicted octanol–water partition coefficient (Wildman–Crippen LogP) is 1.39. The summed E-state index contributed by atoms with van der Waals surface area (Å²) in [5.41, 5.74) is 6.82. The third-order valence-electron chi connectivity index (χ3n) is 5.11. The summed E-state index contributed by atoms with van der Waals surface area (Å²) in [6.07, 6.45) is 0. The Kier molecular flexibility index (Phi) is 4.97. The van der Waals surface area contributed by atoms with E-state index in [4.69, 9.17) is 0 Å². The second-order valence-corrected chi connectivity index (χ2v) is 7.12. The van der Waals surface area contributed by atoms with Gasteiger partial charge in [0.1, 0.15) is 0 Å². The first-order chi connectivity index (χ1) is 14.8. The molecule has 2 amide bonds. The Balaban J connectivity index is 1.63. The summed E-state index contributed by atoms with van der Waals surface area (Å²) in [6, 6.07) is 8.43. The van der Waals surface area contributed by atoms with Gasteiger partial charge in [-0.25, -0.2) is 9.67 Å². The van der Waals surface area contributed by atoms with Gasteiger partial charge < -0.3 is 0 Å². The van der Waals surface area contributed by atoms with Crippen molar-refractivity contribution in [2.75, 3.05) is 0 Å². The Morgan fingerprint density at radius 2 is 1.65 bits per heavy atom. The van der Waals surface area contributed by atoms with Gasteiger partial charge in [0.2, 0.25) is 0 Å². The molecule has 0 spiro atoms. The SMILES string of the molecule is CCn1nc(C(=O)NNC(=O)c2cc3c(C)nn(C)c3nc2C)c2ccccc2c1=O. The molecule has 0 saturated heterocycles. The monoisotopic (exact) mass is 419 g/mol. The van der Waals surface area contributed by atoms with E-state index in [0.29, 0.717) is 34.2 Å². The topological polar surface area (TPSA) is 124 Å². The maximum Gasteiger partial charge on any atom is 0.290 e. The molecule has 0 atom stereocenters. The number of amides is 2. The molecule has 0 aliphatic rings. The van der Waals surface area contributed by atoms with Crippen molar-refractivity contribution in [3.8, 4) is 0 Å². The van der Waals surface area contributed by atoms with Crippen LogP contribution in [0.2, 0.25) is 0 Å². The summed E-state index contributed by atoms with van der Waals surface area (Å²) >= 11 is 0. The van der Waals surface area contributed by atoms with E-state index >= 15 is 0 Å². The molecule has 0 saturated carbocycles. The fraction of sp³-hybridized carbons (Fsp3) is 0.238. The van der Waals surface area contributed by atoms with Crippen LogP contribution < -0.4 is 16.4 Å². The molecule has 3 heterocycles. The molecule has 158 valence electrons. The molecule has 2 N–H and O–H groups in total. The lowest BCUT2D eigenvalue weighted by Gasteiger charge is -2.11. The highest BCUT2D eigenvalue weighted by molar-refractivity contribution is 6.06. The highest BCUT2D eigenvalue weighted by atomic mass is 16.2. The minimum Gasteiger partial charge on any atom is -0.267 e. The van der Waals surface area contributed by atoms with Gasteiger partial charge in [-0.2, -0.15) is 10.2 Å². The smallest absolute Gasteiger partial charge is 0.267 e. The number of aryl methyl sites for hydroxylation is 4. The first-order valence-electron chi connectivity index (χ1n) is 9.73. The molecule has 0 bridgehead atoms. The van der Waals surface area contributed by atoms with Crippen molar-refractivity contribution in [1.29, 1.82) is 0 Å². The molecule has 1 aromatic carbocycles. The molecule has 0 radical (unpaired) electrons. The van der Waals surface area contributed by atoms with E-state index in [0.717, 1.165) is 11.1 Å². The first kappa shape index (κ1) is 20.2. The molecule has 0 fully saturated rings. The molecule has 31 heavy (non-hydrogen) atoms. The molecular formula is C21H21N7O3. The van der Waals surface area contributed by atoms with Crippen molar-refractivity contribution < 1.29 is 9.59 Å². The van der Waals surface area contributed by atoms with Crippen LogP contribution in [-0.2, 0) is 13.6 Å². The third kappa shape index (κ3) is 3.41. The lowest BCUT2D eigenvalue weighted by atomic mass is 10.1. The summed E-state index contributed by atoms with van der Waals surface area (Å²) < 4.78 is 2.87. The first-order valence-corrected chi connectivity index (χ1v) is 9.73. The minimum atomic E-state index is -0.629. The number of benzene rings is 1. The van der Waals surface area contributed by atoms with E-state index in [9.17, 15) is 14.4 Å². The Morgan fingerprint density at radius 3 is 2.35 bits per heavy atom. The molecule has 4 aromatic rings. The Morgan fingerprint density at radius 1 is 0.968 bits per heavy atom. The van der Waals surface area contributed by atoms with Crippen molar-refractivity contribution in [2.24, 2.45) is 7.05 Å². The second-order valence-electron chi connectivity index (χ2n) is 7.12. The number of carbonyl (C=O) groups excluding carboxylic acids is 2. The normalized spacial score (nSPS) is 11.1. The quantitative estimate of drug-likeness (QED) is 0.484. The van der Waals surface area contributed by atoms with Crippen LogP contribution in [0.15, 0.2) is 35.1 Å². The van der Waals surface area contributed by atoms with Crippen molar-refractivity contribution in [3.63, 3.8) is 0 Å². The molecule has 10 nitrogen and oxygen atoms in total. The van der Waals surface area contributed by atoms with E-state index in [1.54, 1.807) is 55.9 Å². The van der Waals surface area contributed by atoms with Crippen LogP contribution in [0.5, 0.6) is 0 Å². The number of nitrogens with one attached hydrogen (secondary N) is 2. The van der Waals surface area contributed by atoms with Gasteiger partial charge in [-0.05, 0) is 32.9 Å². The van der Waals surface area contributed by atoms with Gasteiger partial charge in [0.05, 0.1) is 22.3 Å². The number of pyridine rings is 1. The van der Waals surface area contributed by atoms with Crippen molar-refractivity contribution in [2.45, 2.75) is 27.3 Å².